The van der Waals surface area contributed by atoms with Crippen LogP contribution in [0.2, 0.25) is 0 Å². The molecular formula is C16H23NO2. The highest BCUT2D eigenvalue weighted by Crippen LogP contribution is 2.27. The summed E-state index contributed by atoms with van der Waals surface area (Å²) in [6.07, 6.45) is 2.40. The van der Waals surface area contributed by atoms with Crippen LogP contribution in [-0.2, 0) is 9.53 Å². The number of hydrogen-bond acceptors (Lipinski definition) is 3. The highest BCUT2D eigenvalue weighted by molar-refractivity contribution is 5.77. The van der Waals surface area contributed by atoms with E-state index in [4.69, 9.17) is 4.74 Å². The Kier molecular flexibility index (Phi) is 4.97. The van der Waals surface area contributed by atoms with E-state index in [1.165, 1.54) is 18.4 Å². The van der Waals surface area contributed by atoms with Gasteiger partial charge in [-0.05, 0) is 56.8 Å². The first-order valence-corrected chi connectivity index (χ1v) is 7.19. The van der Waals surface area contributed by atoms with Crippen LogP contribution in [0.15, 0.2) is 24.3 Å². The van der Waals surface area contributed by atoms with Crippen molar-refractivity contribution in [3.8, 4) is 0 Å². The van der Waals surface area contributed by atoms with Gasteiger partial charge in [-0.15, -0.1) is 0 Å². The Bertz CT molecular complexity index is 407. The molecule has 1 heterocycles. The number of piperidine rings is 1. The molecule has 1 unspecified atom stereocenters. The summed E-state index contributed by atoms with van der Waals surface area (Å²) in [6, 6.07) is 8.47. The zero-order chi connectivity index (χ0) is 13.7. The van der Waals surface area contributed by atoms with Gasteiger partial charge in [0.05, 0.1) is 12.5 Å². The number of esters is 1. The molecule has 104 valence electrons. The molecule has 1 aromatic rings. The number of hydrogen-bond donors (Lipinski definition) is 1. The van der Waals surface area contributed by atoms with E-state index >= 15 is 0 Å². The van der Waals surface area contributed by atoms with Crippen LogP contribution in [0.5, 0.6) is 0 Å². The smallest absolute Gasteiger partial charge is 0.313 e. The summed E-state index contributed by atoms with van der Waals surface area (Å²) in [6.45, 7) is 6.38. The van der Waals surface area contributed by atoms with Crippen LogP contribution >= 0.6 is 0 Å². The minimum atomic E-state index is -0.179. The molecule has 1 aromatic carbocycles. The van der Waals surface area contributed by atoms with Gasteiger partial charge >= 0.3 is 5.97 Å². The summed E-state index contributed by atoms with van der Waals surface area (Å²) in [7, 11) is 0. The van der Waals surface area contributed by atoms with Crippen LogP contribution in [0.4, 0.5) is 0 Å². The molecule has 19 heavy (non-hydrogen) atoms. The summed E-state index contributed by atoms with van der Waals surface area (Å²) in [5.41, 5.74) is 2.43. The molecule has 0 aliphatic carbocycles. The molecule has 1 aliphatic heterocycles. The second-order valence-corrected chi connectivity index (χ2v) is 5.16. The first-order valence-electron chi connectivity index (χ1n) is 7.19. The fraction of sp³-hybridized carbons (Fsp3) is 0.562. The lowest BCUT2D eigenvalue weighted by atomic mass is 9.88. The quantitative estimate of drug-likeness (QED) is 0.847. The molecule has 0 bridgehead atoms. The molecule has 1 atom stereocenters. The molecule has 1 N–H and O–H groups in total. The molecule has 1 saturated heterocycles. The van der Waals surface area contributed by atoms with Gasteiger partial charge in [0.1, 0.15) is 0 Å². The first-order chi connectivity index (χ1) is 9.22. The predicted octanol–water partition coefficient (Wildman–Crippen LogP) is 2.82. The average molecular weight is 261 g/mol. The zero-order valence-corrected chi connectivity index (χ0v) is 11.8. The summed E-state index contributed by atoms with van der Waals surface area (Å²) < 4.78 is 5.06. The van der Waals surface area contributed by atoms with Crippen molar-refractivity contribution in [3.05, 3.63) is 35.4 Å². The number of nitrogens with one attached hydrogen (secondary N) is 1. The Morgan fingerprint density at radius 3 is 2.53 bits per heavy atom. The number of carbonyl (C=O) groups excluding carboxylic acids is 1. The molecule has 0 aromatic heterocycles. The zero-order valence-electron chi connectivity index (χ0n) is 11.8. The van der Waals surface area contributed by atoms with Crippen LogP contribution in [-0.4, -0.2) is 25.7 Å². The third-order valence-electron chi connectivity index (χ3n) is 3.89. The van der Waals surface area contributed by atoms with E-state index in [0.29, 0.717) is 12.5 Å². The van der Waals surface area contributed by atoms with E-state index in [0.717, 1.165) is 18.7 Å². The minimum absolute atomic E-state index is 0.142. The van der Waals surface area contributed by atoms with Crippen LogP contribution in [0.3, 0.4) is 0 Å². The van der Waals surface area contributed by atoms with Gasteiger partial charge in [-0.25, -0.2) is 0 Å². The number of carbonyl (C=O) groups is 1. The lowest BCUT2D eigenvalue weighted by molar-refractivity contribution is -0.144. The van der Waals surface area contributed by atoms with Crippen molar-refractivity contribution in [2.45, 2.75) is 38.5 Å². The van der Waals surface area contributed by atoms with E-state index in [9.17, 15) is 4.79 Å². The largest absolute Gasteiger partial charge is 0.466 e. The van der Waals surface area contributed by atoms with Crippen molar-refractivity contribution in [3.63, 3.8) is 0 Å². The molecule has 0 amide bonds. The monoisotopic (exact) mass is 261 g/mol. The molecule has 0 radical (unpaired) electrons. The van der Waals surface area contributed by atoms with Gasteiger partial charge in [0.15, 0.2) is 0 Å². The Hall–Kier alpha value is -1.35. The Balaban J connectivity index is 2.03. The maximum Gasteiger partial charge on any atom is 0.313 e. The molecule has 3 nitrogen and oxygen atoms in total. The highest BCUT2D eigenvalue weighted by Gasteiger charge is 2.18. The molecule has 0 saturated carbocycles. The predicted molar refractivity (Wildman–Crippen MR) is 76.3 cm³/mol. The third-order valence-corrected chi connectivity index (χ3v) is 3.89. The number of benzene rings is 1. The van der Waals surface area contributed by atoms with Gasteiger partial charge in [-0.1, -0.05) is 24.3 Å². The molecule has 2 rings (SSSR count). The second kappa shape index (κ2) is 6.71. The number of rotatable bonds is 4. The molecule has 1 aliphatic rings. The van der Waals surface area contributed by atoms with Gasteiger partial charge < -0.3 is 10.1 Å². The lowest BCUT2D eigenvalue weighted by Crippen LogP contribution is -2.26. The maximum atomic E-state index is 11.7. The summed E-state index contributed by atoms with van der Waals surface area (Å²) in [5.74, 6) is 0.340. The normalized spacial score (nSPS) is 18.0. The van der Waals surface area contributed by atoms with E-state index < -0.39 is 0 Å². The molecule has 1 fully saturated rings. The Morgan fingerprint density at radius 1 is 1.32 bits per heavy atom. The fourth-order valence-electron chi connectivity index (χ4n) is 2.62. The van der Waals surface area contributed by atoms with Crippen molar-refractivity contribution < 1.29 is 9.53 Å². The topological polar surface area (TPSA) is 38.3 Å². The van der Waals surface area contributed by atoms with E-state index in [-0.39, 0.29) is 11.9 Å². The fourth-order valence-corrected chi connectivity index (χ4v) is 2.62. The van der Waals surface area contributed by atoms with Gasteiger partial charge in [0, 0.05) is 0 Å². The SMILES string of the molecule is CCOC(=O)C(C)c1ccc(C2CCNCC2)cc1. The number of ether oxygens (including phenoxy) is 1. The van der Waals surface area contributed by atoms with Gasteiger partial charge in [-0.3, -0.25) is 4.79 Å². The Labute approximate surface area is 115 Å². The lowest BCUT2D eigenvalue weighted by Gasteiger charge is -2.23. The van der Waals surface area contributed by atoms with Crippen molar-refractivity contribution in [1.29, 1.82) is 0 Å². The van der Waals surface area contributed by atoms with Crippen LogP contribution in [0, 0.1) is 0 Å². The standard InChI is InChI=1S/C16H23NO2/c1-3-19-16(18)12(2)13-4-6-14(7-5-13)15-8-10-17-11-9-15/h4-7,12,15,17H,3,8-11H2,1-2H3. The van der Waals surface area contributed by atoms with Crippen LogP contribution < -0.4 is 5.32 Å². The van der Waals surface area contributed by atoms with E-state index in [2.05, 4.69) is 29.6 Å². The Morgan fingerprint density at radius 2 is 1.95 bits per heavy atom. The summed E-state index contributed by atoms with van der Waals surface area (Å²) >= 11 is 0. The van der Waals surface area contributed by atoms with Gasteiger partial charge in [0.2, 0.25) is 0 Å². The first kappa shape index (κ1) is 14.1. The van der Waals surface area contributed by atoms with Crippen LogP contribution in [0.25, 0.3) is 0 Å². The van der Waals surface area contributed by atoms with E-state index in [1.807, 2.05) is 13.8 Å². The van der Waals surface area contributed by atoms with Crippen molar-refractivity contribution in [1.82, 2.24) is 5.32 Å². The van der Waals surface area contributed by atoms with Gasteiger partial charge in [0.25, 0.3) is 0 Å². The van der Waals surface area contributed by atoms with Crippen molar-refractivity contribution >= 4 is 5.97 Å². The summed E-state index contributed by atoms with van der Waals surface area (Å²) in [5, 5.41) is 3.38. The summed E-state index contributed by atoms with van der Waals surface area (Å²) in [4.78, 5) is 11.7. The molecular weight excluding hydrogens is 238 g/mol. The van der Waals surface area contributed by atoms with Crippen LogP contribution in [0.1, 0.15) is 49.7 Å². The molecule has 3 heteroatoms. The highest BCUT2D eigenvalue weighted by atomic mass is 16.5. The van der Waals surface area contributed by atoms with Crippen molar-refractivity contribution in [2.24, 2.45) is 0 Å². The third kappa shape index (κ3) is 3.57. The van der Waals surface area contributed by atoms with Gasteiger partial charge in [-0.2, -0.15) is 0 Å². The second-order valence-electron chi connectivity index (χ2n) is 5.16. The van der Waals surface area contributed by atoms with Crippen molar-refractivity contribution in [2.75, 3.05) is 19.7 Å². The maximum absolute atomic E-state index is 11.7. The molecule has 0 spiro atoms. The minimum Gasteiger partial charge on any atom is -0.466 e. The average Bonchev–Trinajstić information content (AvgIpc) is 2.48. The van der Waals surface area contributed by atoms with E-state index in [1.54, 1.807) is 0 Å².